The number of carbonyl (C=O) groups excluding carboxylic acids is 1. The number of nitrogens with zero attached hydrogens (tertiary/aromatic N) is 1. The Morgan fingerprint density at radius 1 is 1.19 bits per heavy atom. The Labute approximate surface area is 154 Å². The highest BCUT2D eigenvalue weighted by molar-refractivity contribution is 7.14. The molecule has 3 aromatic rings. The van der Waals surface area contributed by atoms with Gasteiger partial charge in [0.05, 0.1) is 5.69 Å². The van der Waals surface area contributed by atoms with E-state index in [1.165, 1.54) is 11.3 Å². The van der Waals surface area contributed by atoms with Crippen LogP contribution in [0.2, 0.25) is 0 Å². The molecule has 1 aromatic carbocycles. The minimum atomic E-state index is -0.741. The summed E-state index contributed by atoms with van der Waals surface area (Å²) in [5.41, 5.74) is 1.71. The Balaban J connectivity index is 1.50. The fraction of sp³-hybridized carbons (Fsp3) is 0.263. The van der Waals surface area contributed by atoms with E-state index in [1.807, 2.05) is 50.4 Å². The van der Waals surface area contributed by atoms with Crippen molar-refractivity contribution in [2.45, 2.75) is 33.0 Å². The molecule has 3 heterocycles. The van der Waals surface area contributed by atoms with E-state index in [0.717, 1.165) is 22.8 Å². The molecule has 0 radical (unpaired) electrons. The molecule has 4 rings (SSSR count). The first-order valence-corrected chi connectivity index (χ1v) is 9.15. The maximum Gasteiger partial charge on any atom is 0.271 e. The number of benzene rings is 1. The van der Waals surface area contributed by atoms with Crippen molar-refractivity contribution in [1.82, 2.24) is 4.98 Å². The van der Waals surface area contributed by atoms with Crippen LogP contribution in [-0.2, 0) is 4.79 Å². The molecule has 26 heavy (non-hydrogen) atoms. The van der Waals surface area contributed by atoms with Gasteiger partial charge in [-0.2, -0.15) is 0 Å². The van der Waals surface area contributed by atoms with E-state index in [2.05, 4.69) is 10.3 Å². The topological polar surface area (TPSA) is 73.6 Å². The van der Waals surface area contributed by atoms with Gasteiger partial charge in [0.2, 0.25) is 6.10 Å². The monoisotopic (exact) mass is 370 g/mol. The third-order valence-corrected chi connectivity index (χ3v) is 4.91. The molecular formula is C19H18N2O4S. The van der Waals surface area contributed by atoms with Crippen LogP contribution in [0.15, 0.2) is 40.1 Å². The lowest BCUT2D eigenvalue weighted by Gasteiger charge is -2.30. The second kappa shape index (κ2) is 6.49. The average Bonchev–Trinajstić information content (AvgIpc) is 3.19. The highest BCUT2D eigenvalue weighted by Gasteiger charge is 2.34. The molecule has 0 bridgehead atoms. The molecule has 1 aliphatic heterocycles. The maximum absolute atomic E-state index is 12.6. The molecule has 7 heteroatoms. The first-order valence-electron chi connectivity index (χ1n) is 8.27. The number of furan rings is 1. The minimum absolute atomic E-state index is 0.284. The van der Waals surface area contributed by atoms with Crippen molar-refractivity contribution in [3.63, 3.8) is 0 Å². The molecule has 1 aliphatic rings. The summed E-state index contributed by atoms with van der Waals surface area (Å²) in [6.45, 7) is 5.60. The summed E-state index contributed by atoms with van der Waals surface area (Å²) >= 11 is 1.36. The molecule has 1 N–H and O–H groups in total. The smallest absolute Gasteiger partial charge is 0.271 e. The first-order chi connectivity index (χ1) is 12.5. The number of amides is 1. The fourth-order valence-electron chi connectivity index (χ4n) is 2.92. The van der Waals surface area contributed by atoms with Crippen LogP contribution in [0.4, 0.5) is 5.13 Å². The third-order valence-electron chi connectivity index (χ3n) is 4.15. The minimum Gasteiger partial charge on any atom is -0.482 e. The number of hydrogen-bond donors (Lipinski definition) is 1. The number of nitrogens with one attached hydrogen (secondary N) is 1. The predicted octanol–water partition coefficient (Wildman–Crippen LogP) is 4.19. The van der Waals surface area contributed by atoms with Gasteiger partial charge in [-0.05, 0) is 39.0 Å². The lowest BCUT2D eigenvalue weighted by molar-refractivity contribution is -0.128. The molecule has 0 saturated carbocycles. The van der Waals surface area contributed by atoms with Crippen molar-refractivity contribution in [2.75, 3.05) is 5.32 Å². The second-order valence-corrected chi connectivity index (χ2v) is 7.02. The number of aryl methyl sites for hydroxylation is 2. The van der Waals surface area contributed by atoms with E-state index in [1.54, 1.807) is 6.07 Å². The number of thiazole rings is 1. The predicted molar refractivity (Wildman–Crippen MR) is 98.9 cm³/mol. The number of anilines is 1. The third kappa shape index (κ3) is 3.06. The molecule has 134 valence electrons. The molecule has 0 aliphatic carbocycles. The lowest BCUT2D eigenvalue weighted by Crippen LogP contribution is -2.46. The van der Waals surface area contributed by atoms with Gasteiger partial charge in [0.15, 0.2) is 16.6 Å². The SMILES string of the molecule is Cc1cc(-c2csc(NC(=O)C3Oc4ccccc4OC3C)n2)c(C)o1. The van der Waals surface area contributed by atoms with Crippen LogP contribution >= 0.6 is 11.3 Å². The van der Waals surface area contributed by atoms with Crippen LogP contribution in [0.3, 0.4) is 0 Å². The first kappa shape index (κ1) is 16.7. The lowest BCUT2D eigenvalue weighted by atomic mass is 10.1. The van der Waals surface area contributed by atoms with Crippen LogP contribution in [-0.4, -0.2) is 23.1 Å². The zero-order chi connectivity index (χ0) is 18.3. The Bertz CT molecular complexity index is 962. The van der Waals surface area contributed by atoms with Crippen LogP contribution in [0.25, 0.3) is 11.3 Å². The van der Waals surface area contributed by atoms with Crippen LogP contribution in [0.5, 0.6) is 11.5 Å². The van der Waals surface area contributed by atoms with Gasteiger partial charge < -0.3 is 13.9 Å². The molecule has 0 spiro atoms. The highest BCUT2D eigenvalue weighted by Crippen LogP contribution is 2.34. The van der Waals surface area contributed by atoms with Gasteiger partial charge in [0.1, 0.15) is 17.6 Å². The Morgan fingerprint density at radius 2 is 1.92 bits per heavy atom. The van der Waals surface area contributed by atoms with Gasteiger partial charge in [-0.3, -0.25) is 10.1 Å². The van der Waals surface area contributed by atoms with Gasteiger partial charge in [0.25, 0.3) is 5.91 Å². The Morgan fingerprint density at radius 3 is 2.62 bits per heavy atom. The van der Waals surface area contributed by atoms with Crippen molar-refractivity contribution in [1.29, 1.82) is 0 Å². The largest absolute Gasteiger partial charge is 0.482 e. The Hall–Kier alpha value is -2.80. The zero-order valence-electron chi connectivity index (χ0n) is 14.6. The summed E-state index contributed by atoms with van der Waals surface area (Å²) < 4.78 is 17.1. The average molecular weight is 370 g/mol. The summed E-state index contributed by atoms with van der Waals surface area (Å²) in [5, 5.41) is 5.23. The van der Waals surface area contributed by atoms with Crippen molar-refractivity contribution >= 4 is 22.4 Å². The van der Waals surface area contributed by atoms with Gasteiger partial charge >= 0.3 is 0 Å². The molecule has 2 unspecified atom stereocenters. The van der Waals surface area contributed by atoms with Crippen molar-refractivity contribution in [2.24, 2.45) is 0 Å². The summed E-state index contributed by atoms with van der Waals surface area (Å²) in [5.74, 6) is 2.56. The van der Waals surface area contributed by atoms with E-state index >= 15 is 0 Å². The highest BCUT2D eigenvalue weighted by atomic mass is 32.1. The van der Waals surface area contributed by atoms with E-state index in [-0.39, 0.29) is 5.91 Å². The van der Waals surface area contributed by atoms with Crippen molar-refractivity contribution in [3.8, 4) is 22.8 Å². The number of hydrogen-bond acceptors (Lipinski definition) is 6. The molecule has 2 aromatic heterocycles. The number of aromatic nitrogens is 1. The van der Waals surface area contributed by atoms with Gasteiger partial charge in [-0.25, -0.2) is 4.98 Å². The van der Waals surface area contributed by atoms with E-state index in [9.17, 15) is 4.79 Å². The van der Waals surface area contributed by atoms with Gasteiger partial charge in [0, 0.05) is 10.9 Å². The van der Waals surface area contributed by atoms with E-state index in [4.69, 9.17) is 13.9 Å². The van der Waals surface area contributed by atoms with Crippen LogP contribution in [0.1, 0.15) is 18.4 Å². The molecule has 0 saturated heterocycles. The summed E-state index contributed by atoms with van der Waals surface area (Å²) in [4.78, 5) is 17.1. The fourth-order valence-corrected chi connectivity index (χ4v) is 3.64. The number of rotatable bonds is 3. The van der Waals surface area contributed by atoms with Gasteiger partial charge in [-0.15, -0.1) is 11.3 Å². The molecule has 2 atom stereocenters. The summed E-state index contributed by atoms with van der Waals surface area (Å²) in [6, 6.07) is 9.25. The molecule has 1 amide bonds. The number of para-hydroxylation sites is 2. The number of fused-ring (bicyclic) bond motifs is 1. The van der Waals surface area contributed by atoms with Gasteiger partial charge in [-0.1, -0.05) is 12.1 Å². The number of carbonyl (C=O) groups is 1. The Kier molecular flexibility index (Phi) is 4.16. The van der Waals surface area contributed by atoms with Crippen molar-refractivity contribution < 1.29 is 18.7 Å². The van der Waals surface area contributed by atoms with Crippen molar-refractivity contribution in [3.05, 3.63) is 47.2 Å². The quantitative estimate of drug-likeness (QED) is 0.748. The van der Waals surface area contributed by atoms with E-state index in [0.29, 0.717) is 16.6 Å². The summed E-state index contributed by atoms with van der Waals surface area (Å²) in [6.07, 6.45) is -1.14. The number of ether oxygens (including phenoxy) is 2. The normalized spacial score (nSPS) is 18.6. The zero-order valence-corrected chi connectivity index (χ0v) is 15.4. The van der Waals surface area contributed by atoms with Crippen LogP contribution in [0, 0.1) is 13.8 Å². The molecular weight excluding hydrogens is 352 g/mol. The second-order valence-electron chi connectivity index (χ2n) is 6.16. The van der Waals surface area contributed by atoms with E-state index < -0.39 is 12.2 Å². The standard InChI is InChI=1S/C19H18N2O4S/c1-10-8-13(11(2)23-10)14-9-26-19(20-14)21-18(22)17-12(3)24-15-6-4-5-7-16(15)25-17/h4-9,12,17H,1-3H3,(H,20,21,22). The molecule has 0 fully saturated rings. The molecule has 6 nitrogen and oxygen atoms in total. The summed E-state index contributed by atoms with van der Waals surface area (Å²) in [7, 11) is 0. The van der Waals surface area contributed by atoms with Crippen LogP contribution < -0.4 is 14.8 Å². The maximum atomic E-state index is 12.6.